The van der Waals surface area contributed by atoms with Crippen LogP contribution in [0.5, 0.6) is 0 Å². The number of rotatable bonds is 12. The van der Waals surface area contributed by atoms with Crippen LogP contribution in [0.3, 0.4) is 0 Å². The Hall–Kier alpha value is -1.42. The van der Waals surface area contributed by atoms with Gasteiger partial charge < -0.3 is 80.1 Å². The second-order valence-electron chi connectivity index (χ2n) is 8.75. The summed E-state index contributed by atoms with van der Waals surface area (Å²) in [5.41, 5.74) is 0. The molecule has 2 fully saturated rings. The van der Waals surface area contributed by atoms with Gasteiger partial charge in [-0.15, -0.1) is 0 Å². The molecule has 0 bridgehead atoms. The third-order valence-corrected chi connectivity index (χ3v) is 6.02. The second kappa shape index (κ2) is 14.1. The first kappa shape index (κ1) is 31.8. The first-order valence-corrected chi connectivity index (χ1v) is 11.3. The molecule has 216 valence electrons. The van der Waals surface area contributed by atoms with Crippen molar-refractivity contribution in [2.45, 2.75) is 92.7 Å². The van der Waals surface area contributed by atoms with Gasteiger partial charge in [0.15, 0.2) is 12.6 Å². The summed E-state index contributed by atoms with van der Waals surface area (Å²) < 4.78 is 20.9. The fraction of sp³-hybridized carbons (Fsp3) is 0.900. The Morgan fingerprint density at radius 1 is 0.865 bits per heavy atom. The Balaban J connectivity index is 2.17. The van der Waals surface area contributed by atoms with Crippen molar-refractivity contribution in [3.63, 3.8) is 0 Å². The van der Waals surface area contributed by atoms with Crippen LogP contribution in [0, 0.1) is 0 Å². The van der Waals surface area contributed by atoms with Gasteiger partial charge in [0.2, 0.25) is 5.91 Å². The largest absolute Gasteiger partial charge is 0.394 e. The zero-order valence-corrected chi connectivity index (χ0v) is 19.7. The Bertz CT molecular complexity index is 726. The summed E-state index contributed by atoms with van der Waals surface area (Å²) in [6, 6.07) is -1.65. The molecule has 0 radical (unpaired) electrons. The first-order chi connectivity index (χ1) is 17.4. The van der Waals surface area contributed by atoms with Crippen LogP contribution >= 0.6 is 0 Å². The van der Waals surface area contributed by atoms with Crippen molar-refractivity contribution in [3.8, 4) is 0 Å². The number of amides is 1. The highest BCUT2D eigenvalue weighted by Gasteiger charge is 2.48. The number of carbonyl (C=O) groups excluding carboxylic acids is 2. The number of aldehydes is 1. The van der Waals surface area contributed by atoms with Crippen LogP contribution in [-0.2, 0) is 28.5 Å². The highest BCUT2D eigenvalue weighted by Crippen LogP contribution is 2.26. The van der Waals surface area contributed by atoms with E-state index >= 15 is 0 Å². The molecule has 0 aromatic carbocycles. The molecule has 14 atom stereocenters. The predicted octanol–water partition coefficient (Wildman–Crippen LogP) is -7.59. The standard InChI is InChI=1S/C20H35NO16/c1-6(25)21-7(2-22)18(37-20-17(33)15(31)13(29)10(4-24)36-20)11(27)8(26)5-34-19-16(32)14(30)12(28)9(3-23)35-19/h2,7-20,23-24,26-33H,3-5H2,1H3,(H,21,25)/t7-,8+,9+,10+,11+,12-,13-,14-,15-,16+,17+,18+,19+,20-/m0/s1. The van der Waals surface area contributed by atoms with E-state index in [1.54, 1.807) is 0 Å². The fourth-order valence-corrected chi connectivity index (χ4v) is 3.86. The lowest BCUT2D eigenvalue weighted by Gasteiger charge is -2.42. The van der Waals surface area contributed by atoms with E-state index in [0.29, 0.717) is 0 Å². The summed E-state index contributed by atoms with van der Waals surface area (Å²) in [6.07, 6.45) is -22.8. The molecule has 11 N–H and O–H groups in total. The molecule has 0 spiro atoms. The van der Waals surface area contributed by atoms with Crippen LogP contribution in [-0.4, -0.2) is 169 Å². The van der Waals surface area contributed by atoms with E-state index in [1.807, 2.05) is 0 Å². The van der Waals surface area contributed by atoms with Crippen LogP contribution in [0.4, 0.5) is 0 Å². The van der Waals surface area contributed by atoms with Crippen molar-refractivity contribution in [2.75, 3.05) is 19.8 Å². The summed E-state index contributed by atoms with van der Waals surface area (Å²) in [5.74, 6) is -0.751. The van der Waals surface area contributed by atoms with E-state index in [2.05, 4.69) is 5.32 Å². The minimum absolute atomic E-state index is 0.143. The van der Waals surface area contributed by atoms with Gasteiger partial charge in [-0.2, -0.15) is 0 Å². The van der Waals surface area contributed by atoms with E-state index in [4.69, 9.17) is 18.9 Å². The highest BCUT2D eigenvalue weighted by molar-refractivity contribution is 5.77. The molecule has 2 aliphatic rings. The number of hydrogen-bond acceptors (Lipinski definition) is 16. The zero-order valence-electron chi connectivity index (χ0n) is 19.7. The van der Waals surface area contributed by atoms with Crippen molar-refractivity contribution >= 4 is 12.2 Å². The topological polar surface area (TPSA) is 285 Å². The molecular weight excluding hydrogens is 510 g/mol. The normalized spacial score (nSPS) is 39.9. The fourth-order valence-electron chi connectivity index (χ4n) is 3.86. The van der Waals surface area contributed by atoms with Crippen LogP contribution in [0.25, 0.3) is 0 Å². The minimum Gasteiger partial charge on any atom is -0.394 e. The zero-order chi connectivity index (χ0) is 28.0. The van der Waals surface area contributed by atoms with Crippen molar-refractivity contribution in [1.29, 1.82) is 0 Å². The smallest absolute Gasteiger partial charge is 0.217 e. The Morgan fingerprint density at radius 3 is 1.81 bits per heavy atom. The van der Waals surface area contributed by atoms with Gasteiger partial charge in [-0.05, 0) is 0 Å². The first-order valence-electron chi connectivity index (χ1n) is 11.3. The maximum atomic E-state index is 11.7. The molecule has 2 aliphatic heterocycles. The molecule has 0 unspecified atom stereocenters. The van der Waals surface area contributed by atoms with Gasteiger partial charge in [0.05, 0.1) is 19.8 Å². The predicted molar refractivity (Wildman–Crippen MR) is 114 cm³/mol. The number of ether oxygens (including phenoxy) is 4. The number of nitrogens with one attached hydrogen (secondary N) is 1. The number of carbonyl (C=O) groups is 2. The molecule has 2 saturated heterocycles. The Labute approximate surface area is 210 Å². The molecule has 1 amide bonds. The maximum absolute atomic E-state index is 11.7. The molecule has 0 saturated carbocycles. The second-order valence-corrected chi connectivity index (χ2v) is 8.75. The van der Waals surface area contributed by atoms with Crippen molar-refractivity contribution < 1.29 is 79.6 Å². The molecule has 0 aliphatic carbocycles. The van der Waals surface area contributed by atoms with Crippen LogP contribution in [0.2, 0.25) is 0 Å². The third kappa shape index (κ3) is 7.58. The SMILES string of the molecule is CC(=O)N[C@@H](C=O)[C@@H](O[C@@H]1O[C@H](CO)[C@H](O)[C@H](O)[C@H]1O)[C@H](O)[C@H](O)CO[C@@H]1O[C@H](CO)[C@H](O)[C@H](O)[C@H]1O. The average molecular weight is 545 g/mol. The van der Waals surface area contributed by atoms with Gasteiger partial charge in [0.25, 0.3) is 0 Å². The van der Waals surface area contributed by atoms with Crippen molar-refractivity contribution in [2.24, 2.45) is 0 Å². The molecule has 17 heteroatoms. The lowest BCUT2D eigenvalue weighted by molar-refractivity contribution is -0.324. The van der Waals surface area contributed by atoms with Crippen LogP contribution in [0.1, 0.15) is 6.92 Å². The van der Waals surface area contributed by atoms with E-state index in [-0.39, 0.29) is 6.29 Å². The van der Waals surface area contributed by atoms with Gasteiger partial charge in [0, 0.05) is 6.92 Å². The number of aliphatic hydroxyl groups is 10. The van der Waals surface area contributed by atoms with Crippen LogP contribution < -0.4 is 5.32 Å². The lowest BCUT2D eigenvalue weighted by Crippen LogP contribution is -2.63. The van der Waals surface area contributed by atoms with Gasteiger partial charge in [-0.3, -0.25) is 4.79 Å². The Kier molecular flexibility index (Phi) is 12.1. The molecular formula is C20H35NO16. The quantitative estimate of drug-likeness (QED) is 0.102. The summed E-state index contributed by atoms with van der Waals surface area (Å²) in [6.45, 7) is -1.37. The molecule has 0 aromatic heterocycles. The van der Waals surface area contributed by atoms with Gasteiger partial charge >= 0.3 is 0 Å². The summed E-state index contributed by atoms with van der Waals surface area (Å²) in [5, 5.41) is 102. The van der Waals surface area contributed by atoms with Gasteiger partial charge in [0.1, 0.15) is 79.5 Å². The Morgan fingerprint density at radius 2 is 1.35 bits per heavy atom. The molecule has 37 heavy (non-hydrogen) atoms. The lowest BCUT2D eigenvalue weighted by atomic mass is 9.98. The van der Waals surface area contributed by atoms with Crippen molar-refractivity contribution in [3.05, 3.63) is 0 Å². The van der Waals surface area contributed by atoms with Crippen LogP contribution in [0.15, 0.2) is 0 Å². The minimum atomic E-state index is -2.08. The highest BCUT2D eigenvalue weighted by atomic mass is 16.7. The monoisotopic (exact) mass is 545 g/mol. The molecule has 0 aromatic rings. The maximum Gasteiger partial charge on any atom is 0.217 e. The van der Waals surface area contributed by atoms with Gasteiger partial charge in [-0.1, -0.05) is 0 Å². The average Bonchev–Trinajstić information content (AvgIpc) is 2.87. The van der Waals surface area contributed by atoms with Crippen molar-refractivity contribution in [1.82, 2.24) is 5.32 Å². The molecule has 2 heterocycles. The summed E-state index contributed by atoms with van der Waals surface area (Å²) >= 11 is 0. The van der Waals surface area contributed by atoms with E-state index < -0.39 is 111 Å². The molecule has 17 nitrogen and oxygen atoms in total. The van der Waals surface area contributed by atoms with E-state index in [0.717, 1.165) is 6.92 Å². The summed E-state index contributed by atoms with van der Waals surface area (Å²) in [7, 11) is 0. The van der Waals surface area contributed by atoms with E-state index in [9.17, 15) is 60.7 Å². The number of aliphatic hydroxyl groups excluding tert-OH is 10. The number of hydrogen-bond donors (Lipinski definition) is 11. The van der Waals surface area contributed by atoms with E-state index in [1.165, 1.54) is 0 Å². The molecule has 2 rings (SSSR count). The van der Waals surface area contributed by atoms with Gasteiger partial charge in [-0.25, -0.2) is 0 Å². The third-order valence-electron chi connectivity index (χ3n) is 6.02. The summed E-state index contributed by atoms with van der Waals surface area (Å²) in [4.78, 5) is 23.2.